The van der Waals surface area contributed by atoms with Crippen LogP contribution in [0.4, 0.5) is 4.70 Å². The van der Waals surface area contributed by atoms with E-state index in [2.05, 4.69) is 0 Å². The first-order valence-corrected chi connectivity index (χ1v) is 0.866. The van der Waals surface area contributed by atoms with Gasteiger partial charge in [0.15, 0.2) is 0 Å². The van der Waals surface area contributed by atoms with Crippen molar-refractivity contribution in [3.63, 3.8) is 0 Å². The summed E-state index contributed by atoms with van der Waals surface area (Å²) >= 11 is 0.611. The van der Waals surface area contributed by atoms with Crippen LogP contribution in [0, 0.1) is 0 Å². The third kappa shape index (κ3) is 9.67. The van der Waals surface area contributed by atoms with Gasteiger partial charge in [-0.25, -0.2) is 0 Å². The number of hydrogen-bond donors (Lipinski definition) is 0. The summed E-state index contributed by atoms with van der Waals surface area (Å²) in [4.78, 5) is 0. The average molecular weight is 106 g/mol. The predicted octanol–water partition coefficient (Wildman–Crippen LogP) is -1.53. The Hall–Kier alpha value is 1.52. The van der Waals surface area contributed by atoms with Crippen LogP contribution in [-0.2, 0) is 3.80 Å². The fraction of sp³-hybridized carbons (Fsp3) is 0. The molecule has 0 aromatic rings. The first kappa shape index (κ1) is 17.8. The van der Waals surface area contributed by atoms with Crippen molar-refractivity contribution in [2.24, 2.45) is 0 Å². The Balaban J connectivity index is -0.00000000500. The number of halogens is 1. The first-order chi connectivity index (χ1) is 1.00. The van der Waals surface area contributed by atoms with E-state index in [0.29, 0.717) is 16.2 Å². The van der Waals surface area contributed by atoms with E-state index in [1.807, 2.05) is 0 Å². The molecule has 0 bridgehead atoms. The van der Waals surface area contributed by atoms with Crippen molar-refractivity contribution in [1.82, 2.24) is 0 Å². The zero-order chi connectivity index (χ0) is 2.00. The molecule has 0 unspecified atom stereocenters. The molecule has 0 heterocycles. The predicted molar refractivity (Wildman–Crippen MR) is 18.9 cm³/mol. The molecule has 0 N–H and O–H groups in total. The van der Waals surface area contributed by atoms with Gasteiger partial charge in [-0.3, -0.25) is 4.70 Å². The summed E-state index contributed by atoms with van der Waals surface area (Å²) in [5, 5.41) is 0. The van der Waals surface area contributed by atoms with Crippen molar-refractivity contribution in [2.75, 3.05) is 0 Å². The van der Waals surface area contributed by atoms with Gasteiger partial charge in [0.25, 0.3) is 0 Å². The first-order valence-electron chi connectivity index (χ1n) is 0.289. The standard InChI is InChI=1S/Al.Ca.FH.O.3H/h;;1H;;;;. The van der Waals surface area contributed by atoms with Gasteiger partial charge in [0.2, 0.25) is 0 Å². The molecule has 0 saturated heterocycles. The zero-order valence-electron chi connectivity index (χ0n) is 1.52. The Kier molecular flexibility index (Phi) is 107. The van der Waals surface area contributed by atoms with Gasteiger partial charge < -0.3 is 0 Å². The van der Waals surface area contributed by atoms with Crippen LogP contribution in [0.1, 0.15) is 0 Å². The van der Waals surface area contributed by atoms with Crippen molar-refractivity contribution >= 4 is 54.0 Å². The van der Waals surface area contributed by atoms with Crippen LogP contribution in [0.5, 0.6) is 0 Å². The van der Waals surface area contributed by atoms with Gasteiger partial charge >= 0.3 is 57.8 Å². The molecule has 0 amide bonds. The molecule has 0 spiro atoms. The molecule has 0 aromatic heterocycles. The molecule has 0 aliphatic rings. The van der Waals surface area contributed by atoms with Crippen molar-refractivity contribution in [1.29, 1.82) is 0 Å². The topological polar surface area (TPSA) is 17.1 Å². The summed E-state index contributed by atoms with van der Waals surface area (Å²) in [5.41, 5.74) is 0. The van der Waals surface area contributed by atoms with Crippen molar-refractivity contribution in [3.8, 4) is 0 Å². The quantitative estimate of drug-likeness (QED) is 0.342. The molecule has 4 heteroatoms. The van der Waals surface area contributed by atoms with E-state index in [4.69, 9.17) is 3.80 Å². The summed E-state index contributed by atoms with van der Waals surface area (Å²) < 4.78 is 8.28. The maximum absolute atomic E-state index is 8.28. The molecule has 0 radical (unpaired) electrons. The Morgan fingerprint density at radius 1 is 1.25 bits per heavy atom. The van der Waals surface area contributed by atoms with Gasteiger partial charge in [0.05, 0.1) is 0 Å². The third-order valence-electron chi connectivity index (χ3n) is 0. The van der Waals surface area contributed by atoms with E-state index in [1.54, 1.807) is 0 Å². The molecule has 0 aliphatic carbocycles. The Bertz CT molecular complexity index is 8.00. The molecule has 0 atom stereocenters. The van der Waals surface area contributed by atoms with Crippen LogP contribution in [0.15, 0.2) is 0 Å². The number of rotatable bonds is 0. The van der Waals surface area contributed by atoms with E-state index in [-0.39, 0.29) is 42.4 Å². The molecule has 22 valence electrons. The second kappa shape index (κ2) is 24.2. The van der Waals surface area contributed by atoms with E-state index in [1.165, 1.54) is 0 Å². The molecular weight excluding hydrogens is 102 g/mol. The SMILES string of the molecule is F.[CaH2].[O]=[AlH]. The monoisotopic (exact) mass is 106 g/mol. The number of hydrogen-bond acceptors (Lipinski definition) is 1. The fourth-order valence-electron chi connectivity index (χ4n) is 0. The maximum atomic E-state index is 8.28. The Labute approximate surface area is 61.8 Å². The molecule has 4 heavy (non-hydrogen) atoms. The third-order valence-corrected chi connectivity index (χ3v) is 0. The average Bonchev–Trinajstić information content (AvgIpc) is 1.00. The summed E-state index contributed by atoms with van der Waals surface area (Å²) in [7, 11) is 0. The van der Waals surface area contributed by atoms with Crippen LogP contribution in [-0.4, -0.2) is 54.0 Å². The molecule has 1 nitrogen and oxygen atoms in total. The zero-order valence-corrected chi connectivity index (χ0v) is 2.94. The van der Waals surface area contributed by atoms with E-state index in [0.717, 1.165) is 0 Å². The fourth-order valence-corrected chi connectivity index (χ4v) is 0. The van der Waals surface area contributed by atoms with Gasteiger partial charge in [-0.1, -0.05) is 0 Å². The van der Waals surface area contributed by atoms with Crippen molar-refractivity contribution in [2.45, 2.75) is 0 Å². The van der Waals surface area contributed by atoms with Gasteiger partial charge in [-0.05, 0) is 0 Å². The summed E-state index contributed by atoms with van der Waals surface area (Å²) in [6.45, 7) is 0. The molecule has 0 rings (SSSR count). The molecule has 0 saturated carbocycles. The second-order valence-electron chi connectivity index (χ2n) is 0. The minimum atomic E-state index is 0. The van der Waals surface area contributed by atoms with E-state index >= 15 is 0 Å². The van der Waals surface area contributed by atoms with Gasteiger partial charge in [-0.2, -0.15) is 0 Å². The molecular formula is H4AlCaFO. The summed E-state index contributed by atoms with van der Waals surface area (Å²) in [6.07, 6.45) is 0. The van der Waals surface area contributed by atoms with E-state index in [9.17, 15) is 0 Å². The molecule has 0 aliphatic heterocycles. The minimum absolute atomic E-state index is 0. The Morgan fingerprint density at radius 3 is 1.25 bits per heavy atom. The van der Waals surface area contributed by atoms with Crippen molar-refractivity contribution in [3.05, 3.63) is 0 Å². The van der Waals surface area contributed by atoms with Crippen LogP contribution >= 0.6 is 0 Å². The van der Waals surface area contributed by atoms with Crippen molar-refractivity contribution < 1.29 is 8.51 Å². The Morgan fingerprint density at radius 2 is 1.25 bits per heavy atom. The van der Waals surface area contributed by atoms with Crippen LogP contribution in [0.3, 0.4) is 0 Å². The van der Waals surface area contributed by atoms with Crippen LogP contribution < -0.4 is 0 Å². The summed E-state index contributed by atoms with van der Waals surface area (Å²) in [5.74, 6) is 0. The van der Waals surface area contributed by atoms with E-state index < -0.39 is 0 Å². The van der Waals surface area contributed by atoms with Gasteiger partial charge in [-0.15, -0.1) is 0 Å². The van der Waals surface area contributed by atoms with Gasteiger partial charge in [0, 0.05) is 0 Å². The second-order valence-corrected chi connectivity index (χ2v) is 0. The summed E-state index contributed by atoms with van der Waals surface area (Å²) in [6, 6.07) is 0. The van der Waals surface area contributed by atoms with Gasteiger partial charge in [0.1, 0.15) is 0 Å². The van der Waals surface area contributed by atoms with Crippen LogP contribution in [0.2, 0.25) is 0 Å². The molecule has 0 aromatic carbocycles. The van der Waals surface area contributed by atoms with Crippen LogP contribution in [0.25, 0.3) is 0 Å². The molecule has 0 fully saturated rings. The normalized spacial score (nSPS) is 0.750.